The topological polar surface area (TPSA) is 109 Å². The van der Waals surface area contributed by atoms with Gasteiger partial charge in [-0.2, -0.15) is 10.4 Å². The van der Waals surface area contributed by atoms with Crippen LogP contribution in [0.4, 0.5) is 11.8 Å². The molecule has 0 saturated heterocycles. The highest BCUT2D eigenvalue weighted by atomic mass is 16.5. The van der Waals surface area contributed by atoms with Gasteiger partial charge < -0.3 is 15.2 Å². The molecular weight excluding hydrogens is 404 g/mol. The number of aromatic nitrogens is 4. The monoisotopic (exact) mass is 432 g/mol. The second-order valence-corrected chi connectivity index (χ2v) is 8.51. The molecule has 2 N–H and O–H groups in total. The van der Waals surface area contributed by atoms with Crippen molar-refractivity contribution in [2.45, 2.75) is 45.1 Å². The molecule has 2 heterocycles. The molecule has 0 bridgehead atoms. The molecule has 3 aromatic rings. The fraction of sp³-hybridized carbons (Fsp3) is 0.417. The number of nitrogens with zero attached hydrogens (tertiary/aromatic N) is 5. The number of hydrogen-bond donors (Lipinski definition) is 2. The average Bonchev–Trinajstić information content (AvgIpc) is 3.33. The van der Waals surface area contributed by atoms with E-state index in [-0.39, 0.29) is 12.0 Å². The number of aryl methyl sites for hydroxylation is 2. The summed E-state index contributed by atoms with van der Waals surface area (Å²) in [6, 6.07) is 10.1. The van der Waals surface area contributed by atoms with E-state index >= 15 is 0 Å². The van der Waals surface area contributed by atoms with E-state index in [1.165, 1.54) is 0 Å². The average molecular weight is 433 g/mol. The van der Waals surface area contributed by atoms with E-state index in [9.17, 15) is 10.4 Å². The minimum Gasteiger partial charge on any atom is -0.395 e. The standard InChI is InChI=1S/C24H28N6O2/c1-16-11-22(30(29-16)9-4-10-32-3)28-23-26-8-6-21(27-23)17-12-18(14-25)19-5-7-24(2,15-31)20(19)13-17/h6,8,11-13,31H,4-5,7,9-10,15H2,1-3H3,(H,26,27,28)/t24-/m0/s1. The van der Waals surface area contributed by atoms with E-state index in [2.05, 4.69) is 27.5 Å². The molecule has 1 atom stereocenters. The summed E-state index contributed by atoms with van der Waals surface area (Å²) in [6.07, 6.45) is 4.19. The Hall–Kier alpha value is -3.28. The quantitative estimate of drug-likeness (QED) is 0.524. The Morgan fingerprint density at radius 3 is 2.94 bits per heavy atom. The van der Waals surface area contributed by atoms with Gasteiger partial charge in [-0.05, 0) is 55.5 Å². The molecule has 2 aromatic heterocycles. The van der Waals surface area contributed by atoms with Crippen LogP contribution in [0.1, 0.15) is 42.1 Å². The predicted octanol–water partition coefficient (Wildman–Crippen LogP) is 3.50. The number of hydrogen-bond acceptors (Lipinski definition) is 7. The summed E-state index contributed by atoms with van der Waals surface area (Å²) < 4.78 is 7.03. The summed E-state index contributed by atoms with van der Waals surface area (Å²) in [7, 11) is 1.69. The third kappa shape index (κ3) is 4.22. The first kappa shape index (κ1) is 21.9. The first-order chi connectivity index (χ1) is 15.5. The number of aliphatic hydroxyl groups excluding tert-OH is 1. The summed E-state index contributed by atoms with van der Waals surface area (Å²) in [4.78, 5) is 9.07. The highest BCUT2D eigenvalue weighted by Gasteiger charge is 2.35. The molecule has 166 valence electrons. The molecule has 0 spiro atoms. The SMILES string of the molecule is COCCCn1nc(C)cc1Nc1nccc(-c2cc(C#N)c3c(c2)[C@](C)(CO)CC3)n1. The highest BCUT2D eigenvalue weighted by Crippen LogP contribution is 2.42. The lowest BCUT2D eigenvalue weighted by Crippen LogP contribution is -2.23. The molecule has 0 fully saturated rings. The van der Waals surface area contributed by atoms with Crippen LogP contribution in [0.15, 0.2) is 30.5 Å². The zero-order chi connectivity index (χ0) is 22.7. The van der Waals surface area contributed by atoms with Gasteiger partial charge in [-0.3, -0.25) is 0 Å². The van der Waals surface area contributed by atoms with Gasteiger partial charge in [0.05, 0.1) is 29.6 Å². The molecule has 4 rings (SSSR count). The second kappa shape index (κ2) is 9.07. The normalized spacial score (nSPS) is 17.2. The number of ether oxygens (including phenoxy) is 1. The van der Waals surface area contributed by atoms with E-state index in [4.69, 9.17) is 9.72 Å². The van der Waals surface area contributed by atoms with Gasteiger partial charge in [0, 0.05) is 43.5 Å². The minimum absolute atomic E-state index is 0.0529. The van der Waals surface area contributed by atoms with Gasteiger partial charge in [0.1, 0.15) is 5.82 Å². The Morgan fingerprint density at radius 2 is 2.19 bits per heavy atom. The van der Waals surface area contributed by atoms with Gasteiger partial charge >= 0.3 is 0 Å². The number of aliphatic hydroxyl groups is 1. The van der Waals surface area contributed by atoms with Crippen LogP contribution in [0.2, 0.25) is 0 Å². The number of fused-ring (bicyclic) bond motifs is 1. The maximum atomic E-state index is 9.98. The zero-order valence-electron chi connectivity index (χ0n) is 18.7. The summed E-state index contributed by atoms with van der Waals surface area (Å²) in [5, 5.41) is 27.5. The van der Waals surface area contributed by atoms with Gasteiger partial charge in [-0.15, -0.1) is 0 Å². The third-order valence-electron chi connectivity index (χ3n) is 6.11. The number of nitriles is 1. The van der Waals surface area contributed by atoms with E-state index in [0.717, 1.165) is 59.7 Å². The number of methoxy groups -OCH3 is 1. The van der Waals surface area contributed by atoms with Crippen molar-refractivity contribution >= 4 is 11.8 Å². The molecule has 0 amide bonds. The van der Waals surface area contributed by atoms with Crippen LogP contribution in [0.25, 0.3) is 11.3 Å². The lowest BCUT2D eigenvalue weighted by atomic mass is 9.83. The van der Waals surface area contributed by atoms with Crippen LogP contribution in [-0.4, -0.2) is 45.2 Å². The van der Waals surface area contributed by atoms with Gasteiger partial charge in [0.25, 0.3) is 0 Å². The van der Waals surface area contributed by atoms with Crippen molar-refractivity contribution in [1.82, 2.24) is 19.7 Å². The number of anilines is 2. The highest BCUT2D eigenvalue weighted by molar-refractivity contribution is 5.68. The molecule has 0 saturated carbocycles. The van der Waals surface area contributed by atoms with Crippen LogP contribution in [0, 0.1) is 18.3 Å². The van der Waals surface area contributed by atoms with Crippen molar-refractivity contribution in [1.29, 1.82) is 5.26 Å². The van der Waals surface area contributed by atoms with E-state index < -0.39 is 0 Å². The maximum Gasteiger partial charge on any atom is 0.228 e. The van der Waals surface area contributed by atoms with Gasteiger partial charge in [-0.1, -0.05) is 6.92 Å². The van der Waals surface area contributed by atoms with Crippen LogP contribution >= 0.6 is 0 Å². The van der Waals surface area contributed by atoms with Gasteiger partial charge in [0.15, 0.2) is 0 Å². The molecule has 8 nitrogen and oxygen atoms in total. The van der Waals surface area contributed by atoms with Crippen molar-refractivity contribution in [2.75, 3.05) is 25.6 Å². The summed E-state index contributed by atoms with van der Waals surface area (Å²) in [5.41, 5.74) is 4.85. The molecule has 1 aromatic carbocycles. The number of rotatable bonds is 8. The van der Waals surface area contributed by atoms with Gasteiger partial charge in [0.2, 0.25) is 5.95 Å². The zero-order valence-corrected chi connectivity index (χ0v) is 18.7. The fourth-order valence-corrected chi connectivity index (χ4v) is 4.30. The van der Waals surface area contributed by atoms with Crippen molar-refractivity contribution in [3.63, 3.8) is 0 Å². The van der Waals surface area contributed by atoms with E-state index in [0.29, 0.717) is 18.1 Å². The van der Waals surface area contributed by atoms with Crippen molar-refractivity contribution in [2.24, 2.45) is 0 Å². The van der Waals surface area contributed by atoms with Crippen molar-refractivity contribution < 1.29 is 9.84 Å². The predicted molar refractivity (Wildman–Crippen MR) is 122 cm³/mol. The van der Waals surface area contributed by atoms with Crippen LogP contribution in [0.3, 0.4) is 0 Å². The molecular formula is C24H28N6O2. The number of benzene rings is 1. The second-order valence-electron chi connectivity index (χ2n) is 8.51. The van der Waals surface area contributed by atoms with E-state index in [1.54, 1.807) is 13.3 Å². The minimum atomic E-state index is -0.336. The Kier molecular flexibility index (Phi) is 6.21. The van der Waals surface area contributed by atoms with Crippen LogP contribution in [0.5, 0.6) is 0 Å². The largest absolute Gasteiger partial charge is 0.395 e. The smallest absolute Gasteiger partial charge is 0.228 e. The lowest BCUT2D eigenvalue weighted by Gasteiger charge is -2.23. The number of nitrogens with one attached hydrogen (secondary N) is 1. The molecule has 32 heavy (non-hydrogen) atoms. The first-order valence-corrected chi connectivity index (χ1v) is 10.8. The molecule has 0 aliphatic heterocycles. The molecule has 1 aliphatic carbocycles. The Labute approximate surface area is 187 Å². The molecule has 1 aliphatic rings. The first-order valence-electron chi connectivity index (χ1n) is 10.8. The molecule has 0 unspecified atom stereocenters. The Balaban J connectivity index is 1.65. The Bertz CT molecular complexity index is 1170. The molecule has 8 heteroatoms. The van der Waals surface area contributed by atoms with E-state index in [1.807, 2.05) is 36.7 Å². The van der Waals surface area contributed by atoms with Crippen LogP contribution in [-0.2, 0) is 23.1 Å². The molecule has 0 radical (unpaired) electrons. The third-order valence-corrected chi connectivity index (χ3v) is 6.11. The van der Waals surface area contributed by atoms with Crippen molar-refractivity contribution in [3.05, 3.63) is 52.8 Å². The summed E-state index contributed by atoms with van der Waals surface area (Å²) in [6.45, 7) is 5.43. The fourth-order valence-electron chi connectivity index (χ4n) is 4.30. The van der Waals surface area contributed by atoms with Crippen molar-refractivity contribution in [3.8, 4) is 17.3 Å². The maximum absolute atomic E-state index is 9.98. The lowest BCUT2D eigenvalue weighted by molar-refractivity contribution is 0.189. The summed E-state index contributed by atoms with van der Waals surface area (Å²) >= 11 is 0. The van der Waals surface area contributed by atoms with Gasteiger partial charge in [-0.25, -0.2) is 14.6 Å². The van der Waals surface area contributed by atoms with Crippen LogP contribution < -0.4 is 5.32 Å². The Morgan fingerprint density at radius 1 is 1.34 bits per heavy atom. The summed E-state index contributed by atoms with van der Waals surface area (Å²) in [5.74, 6) is 1.27.